The number of ether oxygens (including phenoxy) is 1. The van der Waals surface area contributed by atoms with Crippen molar-refractivity contribution < 1.29 is 9.53 Å². The maximum atomic E-state index is 11.2. The van der Waals surface area contributed by atoms with Gasteiger partial charge in [0.1, 0.15) is 17.3 Å². The van der Waals surface area contributed by atoms with Gasteiger partial charge < -0.3 is 15.4 Å². The van der Waals surface area contributed by atoms with Crippen molar-refractivity contribution in [1.29, 1.82) is 0 Å². The quantitative estimate of drug-likeness (QED) is 0.914. The highest BCUT2D eigenvalue weighted by Crippen LogP contribution is 2.29. The van der Waals surface area contributed by atoms with Gasteiger partial charge in [0.2, 0.25) is 0 Å². The standard InChI is InChI=1S/C15H16N4O2/c1-21-13-4-2-3-10-9-19(6-5-11(10)13)14-8-17-7-12(18-14)15(16)20/h2-4,7-8H,5-6,9H2,1H3,(H2,16,20). The number of hydrogen-bond donors (Lipinski definition) is 1. The molecule has 3 rings (SSSR count). The van der Waals surface area contributed by atoms with Gasteiger partial charge in [-0.05, 0) is 18.1 Å². The van der Waals surface area contributed by atoms with E-state index in [0.717, 1.165) is 18.7 Å². The van der Waals surface area contributed by atoms with Crippen LogP contribution in [0.2, 0.25) is 0 Å². The number of amides is 1. The predicted octanol–water partition coefficient (Wildman–Crippen LogP) is 1.15. The van der Waals surface area contributed by atoms with Crippen LogP contribution in [-0.2, 0) is 13.0 Å². The minimum atomic E-state index is -0.566. The SMILES string of the molecule is COc1cccc2c1CCN(c1cncc(C(N)=O)n1)C2. The molecule has 6 nitrogen and oxygen atoms in total. The zero-order valence-corrected chi connectivity index (χ0v) is 11.7. The van der Waals surface area contributed by atoms with Gasteiger partial charge in [-0.3, -0.25) is 9.78 Å². The van der Waals surface area contributed by atoms with E-state index in [9.17, 15) is 4.79 Å². The second-order valence-corrected chi connectivity index (χ2v) is 4.90. The predicted molar refractivity (Wildman–Crippen MR) is 78.3 cm³/mol. The number of hydrogen-bond acceptors (Lipinski definition) is 5. The Labute approximate surface area is 122 Å². The van der Waals surface area contributed by atoms with Crippen molar-refractivity contribution in [2.45, 2.75) is 13.0 Å². The first kappa shape index (κ1) is 13.4. The summed E-state index contributed by atoms with van der Waals surface area (Å²) in [4.78, 5) is 21.6. The lowest BCUT2D eigenvalue weighted by Crippen LogP contribution is -2.32. The zero-order valence-electron chi connectivity index (χ0n) is 11.7. The average molecular weight is 284 g/mol. The molecule has 0 bridgehead atoms. The number of benzene rings is 1. The van der Waals surface area contributed by atoms with Crippen LogP contribution in [0.25, 0.3) is 0 Å². The molecule has 1 aromatic heterocycles. The summed E-state index contributed by atoms with van der Waals surface area (Å²) in [6, 6.07) is 6.03. The van der Waals surface area contributed by atoms with Gasteiger partial charge in [0.25, 0.3) is 5.91 Å². The smallest absolute Gasteiger partial charge is 0.268 e. The van der Waals surface area contributed by atoms with E-state index in [4.69, 9.17) is 10.5 Å². The summed E-state index contributed by atoms with van der Waals surface area (Å²) < 4.78 is 5.40. The molecule has 1 aromatic carbocycles. The van der Waals surface area contributed by atoms with Crippen LogP contribution < -0.4 is 15.4 Å². The number of anilines is 1. The fraction of sp³-hybridized carbons (Fsp3) is 0.267. The fourth-order valence-electron chi connectivity index (χ4n) is 2.59. The van der Waals surface area contributed by atoms with E-state index in [1.807, 2.05) is 12.1 Å². The average Bonchev–Trinajstić information content (AvgIpc) is 2.53. The van der Waals surface area contributed by atoms with Crippen molar-refractivity contribution >= 4 is 11.7 Å². The molecule has 2 heterocycles. The third-order valence-corrected chi connectivity index (χ3v) is 3.64. The third-order valence-electron chi connectivity index (χ3n) is 3.64. The first-order chi connectivity index (χ1) is 10.2. The molecule has 0 aliphatic carbocycles. The van der Waals surface area contributed by atoms with Crippen LogP contribution in [0.15, 0.2) is 30.6 Å². The number of primary amides is 1. The lowest BCUT2D eigenvalue weighted by Gasteiger charge is -2.30. The Kier molecular flexibility index (Phi) is 3.43. The number of carbonyl (C=O) groups is 1. The Bertz CT molecular complexity index is 687. The van der Waals surface area contributed by atoms with E-state index in [0.29, 0.717) is 12.4 Å². The van der Waals surface area contributed by atoms with Crippen LogP contribution in [0.4, 0.5) is 5.82 Å². The third kappa shape index (κ3) is 2.52. The van der Waals surface area contributed by atoms with Gasteiger partial charge in [0, 0.05) is 18.7 Å². The molecule has 0 atom stereocenters. The Hall–Kier alpha value is -2.63. The maximum Gasteiger partial charge on any atom is 0.268 e. The summed E-state index contributed by atoms with van der Waals surface area (Å²) in [6.45, 7) is 1.51. The molecule has 2 N–H and O–H groups in total. The van der Waals surface area contributed by atoms with E-state index in [-0.39, 0.29) is 5.69 Å². The summed E-state index contributed by atoms with van der Waals surface area (Å²) in [5.74, 6) is 1.02. The second-order valence-electron chi connectivity index (χ2n) is 4.90. The van der Waals surface area contributed by atoms with Gasteiger partial charge in [0.15, 0.2) is 0 Å². The van der Waals surface area contributed by atoms with Gasteiger partial charge in [-0.25, -0.2) is 4.98 Å². The molecule has 0 saturated heterocycles. The first-order valence-electron chi connectivity index (χ1n) is 6.70. The molecule has 1 aliphatic rings. The van der Waals surface area contributed by atoms with Crippen LogP contribution in [0.3, 0.4) is 0 Å². The number of carbonyl (C=O) groups excluding carboxylic acids is 1. The zero-order chi connectivity index (χ0) is 14.8. The number of nitrogens with two attached hydrogens (primary N) is 1. The number of methoxy groups -OCH3 is 1. The monoisotopic (exact) mass is 284 g/mol. The molecule has 0 fully saturated rings. The highest BCUT2D eigenvalue weighted by atomic mass is 16.5. The van der Waals surface area contributed by atoms with Gasteiger partial charge in [-0.2, -0.15) is 0 Å². The number of rotatable bonds is 3. The van der Waals surface area contributed by atoms with Crippen LogP contribution >= 0.6 is 0 Å². The van der Waals surface area contributed by atoms with Crippen molar-refractivity contribution in [2.75, 3.05) is 18.6 Å². The summed E-state index contributed by atoms with van der Waals surface area (Å²) in [6.07, 6.45) is 3.90. The Balaban J connectivity index is 1.90. The lowest BCUT2D eigenvalue weighted by molar-refractivity contribution is 0.0995. The van der Waals surface area contributed by atoms with Gasteiger partial charge in [0.05, 0.1) is 19.5 Å². The number of nitrogens with zero attached hydrogens (tertiary/aromatic N) is 3. The highest BCUT2D eigenvalue weighted by Gasteiger charge is 2.21. The normalized spacial score (nSPS) is 13.7. The summed E-state index contributed by atoms with van der Waals surface area (Å²) in [5.41, 5.74) is 7.87. The number of aromatic nitrogens is 2. The van der Waals surface area contributed by atoms with Crippen molar-refractivity contribution in [2.24, 2.45) is 5.73 Å². The molecule has 2 aromatic rings. The Morgan fingerprint density at radius 3 is 3.00 bits per heavy atom. The molecule has 0 spiro atoms. The molecular formula is C15H16N4O2. The van der Waals surface area contributed by atoms with Crippen LogP contribution in [0.1, 0.15) is 21.6 Å². The van der Waals surface area contributed by atoms with Crippen LogP contribution in [0.5, 0.6) is 5.75 Å². The molecule has 1 aliphatic heterocycles. The van der Waals surface area contributed by atoms with Crippen molar-refractivity contribution in [3.8, 4) is 5.75 Å². The van der Waals surface area contributed by atoms with E-state index in [1.54, 1.807) is 13.3 Å². The van der Waals surface area contributed by atoms with Crippen molar-refractivity contribution in [3.05, 3.63) is 47.4 Å². The number of fused-ring (bicyclic) bond motifs is 1. The molecule has 0 saturated carbocycles. The molecule has 1 amide bonds. The lowest BCUT2D eigenvalue weighted by atomic mass is 9.99. The largest absolute Gasteiger partial charge is 0.496 e. The van der Waals surface area contributed by atoms with Crippen LogP contribution in [-0.4, -0.2) is 29.5 Å². The van der Waals surface area contributed by atoms with E-state index < -0.39 is 5.91 Å². The fourth-order valence-corrected chi connectivity index (χ4v) is 2.59. The topological polar surface area (TPSA) is 81.3 Å². The summed E-state index contributed by atoms with van der Waals surface area (Å²) in [7, 11) is 1.68. The van der Waals surface area contributed by atoms with E-state index in [1.165, 1.54) is 17.3 Å². The molecule has 6 heteroatoms. The first-order valence-corrected chi connectivity index (χ1v) is 6.70. The molecule has 0 unspecified atom stereocenters. The Morgan fingerprint density at radius 1 is 1.38 bits per heavy atom. The van der Waals surface area contributed by atoms with Crippen molar-refractivity contribution in [3.63, 3.8) is 0 Å². The maximum absolute atomic E-state index is 11.2. The summed E-state index contributed by atoms with van der Waals surface area (Å²) in [5, 5.41) is 0. The van der Waals surface area contributed by atoms with Crippen molar-refractivity contribution in [1.82, 2.24) is 9.97 Å². The van der Waals surface area contributed by atoms with Crippen LogP contribution in [0, 0.1) is 0 Å². The molecule has 0 radical (unpaired) electrons. The minimum Gasteiger partial charge on any atom is -0.496 e. The van der Waals surface area contributed by atoms with Gasteiger partial charge in [-0.15, -0.1) is 0 Å². The van der Waals surface area contributed by atoms with E-state index >= 15 is 0 Å². The minimum absolute atomic E-state index is 0.184. The van der Waals surface area contributed by atoms with Gasteiger partial charge >= 0.3 is 0 Å². The van der Waals surface area contributed by atoms with E-state index in [2.05, 4.69) is 20.9 Å². The molecule has 108 valence electrons. The highest BCUT2D eigenvalue weighted by molar-refractivity contribution is 5.90. The van der Waals surface area contributed by atoms with Gasteiger partial charge in [-0.1, -0.05) is 12.1 Å². The molecule has 21 heavy (non-hydrogen) atoms. The Morgan fingerprint density at radius 2 is 2.24 bits per heavy atom. The molecular weight excluding hydrogens is 268 g/mol. The summed E-state index contributed by atoms with van der Waals surface area (Å²) >= 11 is 0. The second kappa shape index (κ2) is 5.40.